The molecule has 248 valence electrons. The van der Waals surface area contributed by atoms with Crippen LogP contribution in [0.4, 0.5) is 11.6 Å². The number of phenols is 1. The van der Waals surface area contributed by atoms with Gasteiger partial charge < -0.3 is 35.2 Å². The molecule has 5 aliphatic rings. The van der Waals surface area contributed by atoms with Crippen molar-refractivity contribution < 1.29 is 28.5 Å². The van der Waals surface area contributed by atoms with Gasteiger partial charge in [-0.1, -0.05) is 27.7 Å². The molecule has 1 saturated heterocycles. The molecule has 0 radical (unpaired) electrons. The van der Waals surface area contributed by atoms with E-state index in [1.54, 1.807) is 47.7 Å². The van der Waals surface area contributed by atoms with Crippen LogP contribution in [-0.2, 0) is 32.9 Å². The van der Waals surface area contributed by atoms with E-state index in [2.05, 4.69) is 9.97 Å². The summed E-state index contributed by atoms with van der Waals surface area (Å²) in [4.78, 5) is 35.9. The summed E-state index contributed by atoms with van der Waals surface area (Å²) >= 11 is 0. The summed E-state index contributed by atoms with van der Waals surface area (Å²) in [5.74, 6) is 1.42. The molecule has 1 fully saturated rings. The Balaban J connectivity index is 1.21. The lowest BCUT2D eigenvalue weighted by Gasteiger charge is -2.52. The lowest BCUT2D eigenvalue weighted by Crippen LogP contribution is -2.64. The Morgan fingerprint density at radius 1 is 1.08 bits per heavy atom. The van der Waals surface area contributed by atoms with Crippen molar-refractivity contribution in [3.8, 4) is 22.8 Å². The third-order valence-electron chi connectivity index (χ3n) is 10.0. The summed E-state index contributed by atoms with van der Waals surface area (Å²) in [5, 5.41) is 11.5. The Labute approximate surface area is 283 Å². The van der Waals surface area contributed by atoms with Crippen LogP contribution < -0.4 is 21.6 Å². The number of carbonyl (C=O) groups excluding carboxylic acids is 1. The number of ether oxygens (including phenoxy) is 3. The average Bonchev–Trinajstić information content (AvgIpc) is 3.70. The summed E-state index contributed by atoms with van der Waals surface area (Å²) in [6.45, 7) is 5.34. The monoisotopic (exact) mass is 686 g/mol. The fourth-order valence-electron chi connectivity index (χ4n) is 7.20. The molecular formula is C35H34N4O7S2. The number of aromatic nitrogens is 2. The van der Waals surface area contributed by atoms with Gasteiger partial charge in [-0.05, 0) is 63.5 Å². The number of esters is 1. The van der Waals surface area contributed by atoms with E-state index in [0.29, 0.717) is 59.4 Å². The number of rotatable bonds is 0. The van der Waals surface area contributed by atoms with Gasteiger partial charge in [0.25, 0.3) is 0 Å². The number of aryl methyl sites for hydroxylation is 2. The van der Waals surface area contributed by atoms with Crippen molar-refractivity contribution in [1.82, 2.24) is 9.97 Å². The number of epoxide rings is 1. The standard InChI is InChI=1S/C35H34N4O7S2/c1-17-10-24(40)29-26(43-17)13-25-21(30(29)41)15-35-8-6-19(14-33(35,2)44-25)48-47-16-22-20(7-9-38-31(22)37)23-11-18(12-28(36)39-23)4-5-27-34(3,45-27)32(42)46-35/h6-13,19,27,41H,4-5,14-16H2,1-3H3,(H2,36,39)(H2,37,38)/t19-,27-,33-,34-,35+/m0/s1. The van der Waals surface area contributed by atoms with Crippen LogP contribution in [0.5, 0.6) is 11.5 Å². The Morgan fingerprint density at radius 2 is 1.92 bits per heavy atom. The van der Waals surface area contributed by atoms with Crippen molar-refractivity contribution in [1.29, 1.82) is 0 Å². The van der Waals surface area contributed by atoms with E-state index in [0.717, 1.165) is 16.7 Å². The molecule has 9 rings (SSSR count). The largest absolute Gasteiger partial charge is 0.507 e. The van der Waals surface area contributed by atoms with Gasteiger partial charge in [-0.3, -0.25) is 4.79 Å². The second kappa shape index (κ2) is 10.9. The Kier molecular flexibility index (Phi) is 7.07. The lowest BCUT2D eigenvalue weighted by molar-refractivity contribution is -0.186. The second-order valence-electron chi connectivity index (χ2n) is 13.3. The number of fused-ring (bicyclic) bond motifs is 6. The number of hydrogen-bond acceptors (Lipinski definition) is 13. The molecule has 4 aromatic rings. The quantitative estimate of drug-likeness (QED) is 0.0926. The minimum absolute atomic E-state index is 0.0413. The maximum absolute atomic E-state index is 14.0. The Bertz CT molecular complexity index is 2120. The first-order valence-electron chi connectivity index (χ1n) is 15.8. The zero-order chi connectivity index (χ0) is 33.6. The van der Waals surface area contributed by atoms with E-state index in [9.17, 15) is 14.7 Å². The van der Waals surface area contributed by atoms with Gasteiger partial charge in [0.2, 0.25) is 0 Å². The normalized spacial score (nSPS) is 29.4. The van der Waals surface area contributed by atoms with Gasteiger partial charge in [0.1, 0.15) is 39.9 Å². The maximum atomic E-state index is 14.0. The first-order valence-corrected chi connectivity index (χ1v) is 18.1. The molecular weight excluding hydrogens is 653 g/mol. The average molecular weight is 687 g/mol. The van der Waals surface area contributed by atoms with Crippen molar-refractivity contribution in [3.63, 3.8) is 0 Å². The van der Waals surface area contributed by atoms with E-state index in [1.165, 1.54) is 6.07 Å². The van der Waals surface area contributed by atoms with Crippen LogP contribution in [0.25, 0.3) is 22.2 Å². The number of benzene rings is 1. The van der Waals surface area contributed by atoms with Gasteiger partial charge in [-0.15, -0.1) is 0 Å². The lowest BCUT2D eigenvalue weighted by atomic mass is 9.70. The van der Waals surface area contributed by atoms with Gasteiger partial charge in [-0.2, -0.15) is 0 Å². The van der Waals surface area contributed by atoms with Crippen LogP contribution in [-0.4, -0.2) is 49.2 Å². The van der Waals surface area contributed by atoms with Crippen LogP contribution in [0.15, 0.2) is 57.9 Å². The van der Waals surface area contributed by atoms with Gasteiger partial charge >= 0.3 is 5.97 Å². The smallest absolute Gasteiger partial charge is 0.341 e. The number of anilines is 2. The minimum atomic E-state index is -1.30. The van der Waals surface area contributed by atoms with Crippen molar-refractivity contribution in [3.05, 3.63) is 81.4 Å². The summed E-state index contributed by atoms with van der Waals surface area (Å²) in [6.07, 6.45) is 6.90. The molecule has 0 unspecified atom stereocenters. The zero-order valence-corrected chi connectivity index (χ0v) is 28.2. The summed E-state index contributed by atoms with van der Waals surface area (Å²) < 4.78 is 25.1. The van der Waals surface area contributed by atoms with E-state index >= 15 is 0 Å². The molecule has 5 atom stereocenters. The highest BCUT2D eigenvalue weighted by Crippen LogP contribution is 2.54. The van der Waals surface area contributed by atoms with Crippen molar-refractivity contribution in [2.24, 2.45) is 0 Å². The SMILES string of the molecule is Cc1cc(=O)c2c(O)c3c(cc2o1)O[C@@]1(C)C[C@@H]2C=C[C@]1(C3)OC(=O)[C@@]1(C)O[C@H]1CCc1cc(N)nc(c1)-c1ccnc(N)c1CSS2. The van der Waals surface area contributed by atoms with Gasteiger partial charge in [0.15, 0.2) is 22.2 Å². The molecule has 13 heteroatoms. The molecule has 4 aliphatic heterocycles. The summed E-state index contributed by atoms with van der Waals surface area (Å²) in [6, 6.07) is 8.72. The summed E-state index contributed by atoms with van der Waals surface area (Å²) in [7, 11) is 3.28. The van der Waals surface area contributed by atoms with Crippen LogP contribution in [0.2, 0.25) is 0 Å². The molecule has 11 nitrogen and oxygen atoms in total. The van der Waals surface area contributed by atoms with E-state index in [1.807, 2.05) is 37.3 Å². The topological polar surface area (TPSA) is 176 Å². The van der Waals surface area contributed by atoms with Crippen LogP contribution >= 0.6 is 21.6 Å². The Morgan fingerprint density at radius 3 is 2.75 bits per heavy atom. The molecule has 1 aromatic carbocycles. The fourth-order valence-corrected chi connectivity index (χ4v) is 9.88. The molecule has 5 N–H and O–H groups in total. The molecule has 48 heavy (non-hydrogen) atoms. The number of nitrogens with two attached hydrogens (primary N) is 2. The fraction of sp³-hybridized carbons (Fsp3) is 0.371. The summed E-state index contributed by atoms with van der Waals surface area (Å²) in [5.41, 5.74) is 12.8. The van der Waals surface area contributed by atoms with Crippen LogP contribution in [0.3, 0.4) is 0 Å². The highest BCUT2D eigenvalue weighted by molar-refractivity contribution is 8.76. The highest BCUT2D eigenvalue weighted by Gasteiger charge is 2.64. The second-order valence-corrected chi connectivity index (χ2v) is 15.9. The number of nitrogen functional groups attached to an aromatic ring is 2. The molecule has 4 bridgehead atoms. The predicted molar refractivity (Wildman–Crippen MR) is 185 cm³/mol. The number of aromatic hydroxyl groups is 1. The number of pyridine rings is 2. The minimum Gasteiger partial charge on any atom is -0.507 e. The molecule has 1 spiro atoms. The first kappa shape index (κ1) is 31.1. The maximum Gasteiger partial charge on any atom is 0.341 e. The Hall–Kier alpha value is -4.20. The molecule has 7 heterocycles. The third kappa shape index (κ3) is 4.93. The van der Waals surface area contributed by atoms with Gasteiger partial charge in [0, 0.05) is 58.9 Å². The van der Waals surface area contributed by atoms with Crippen LogP contribution in [0, 0.1) is 6.92 Å². The van der Waals surface area contributed by atoms with Gasteiger partial charge in [0.05, 0.1) is 11.8 Å². The number of nitrogens with zero attached hydrogens (tertiary/aromatic N) is 2. The van der Waals surface area contributed by atoms with Crippen molar-refractivity contribution in [2.75, 3.05) is 11.5 Å². The van der Waals surface area contributed by atoms with Crippen molar-refractivity contribution >= 4 is 50.2 Å². The van der Waals surface area contributed by atoms with E-state index in [-0.39, 0.29) is 39.9 Å². The zero-order valence-electron chi connectivity index (χ0n) is 26.6. The number of hydrogen-bond donors (Lipinski definition) is 3. The van der Waals surface area contributed by atoms with Crippen molar-refractivity contribution in [2.45, 2.75) is 80.4 Å². The molecule has 1 aliphatic carbocycles. The van der Waals surface area contributed by atoms with E-state index in [4.69, 9.17) is 30.1 Å². The van der Waals surface area contributed by atoms with E-state index < -0.39 is 22.8 Å². The molecule has 0 saturated carbocycles. The number of phenolic OH excluding ortho intramolecular Hbond substituents is 1. The predicted octanol–water partition coefficient (Wildman–Crippen LogP) is 5.42. The molecule has 0 amide bonds. The number of carbonyl (C=O) groups is 1. The highest BCUT2D eigenvalue weighted by atomic mass is 33.1. The van der Waals surface area contributed by atoms with Gasteiger partial charge in [-0.25, -0.2) is 14.8 Å². The first-order chi connectivity index (χ1) is 22.9. The molecule has 3 aromatic heterocycles. The van der Waals surface area contributed by atoms with Crippen LogP contribution in [0.1, 0.15) is 49.1 Å². The third-order valence-corrected chi connectivity index (χ3v) is 12.6.